The minimum absolute atomic E-state index is 0.0116. The van der Waals surface area contributed by atoms with Crippen LogP contribution in [0.4, 0.5) is 5.69 Å². The van der Waals surface area contributed by atoms with Gasteiger partial charge in [0.05, 0.1) is 18.0 Å². The Balaban J connectivity index is 1.68. The lowest BCUT2D eigenvalue weighted by Gasteiger charge is -2.13. The molecule has 1 heterocycles. The van der Waals surface area contributed by atoms with Gasteiger partial charge in [-0.05, 0) is 30.5 Å². The van der Waals surface area contributed by atoms with Crippen molar-refractivity contribution < 1.29 is 14.5 Å². The molecule has 7 heteroatoms. The van der Waals surface area contributed by atoms with Crippen LogP contribution in [0.15, 0.2) is 41.8 Å². The van der Waals surface area contributed by atoms with Gasteiger partial charge in [-0.1, -0.05) is 6.07 Å². The summed E-state index contributed by atoms with van der Waals surface area (Å²) in [6.07, 6.45) is 1.05. The molecule has 0 bridgehead atoms. The average Bonchev–Trinajstić information content (AvgIpc) is 3.00. The molecular weight excluding hydrogens is 316 g/mol. The zero-order valence-corrected chi connectivity index (χ0v) is 13.5. The molecule has 2 aromatic rings. The number of ether oxygens (including phenoxy) is 1. The van der Waals surface area contributed by atoms with Gasteiger partial charge >= 0.3 is 0 Å². The van der Waals surface area contributed by atoms with Crippen LogP contribution < -0.4 is 10.1 Å². The summed E-state index contributed by atoms with van der Waals surface area (Å²) in [6, 6.07) is 9.90. The highest BCUT2D eigenvalue weighted by molar-refractivity contribution is 7.09. The third kappa shape index (κ3) is 5.71. The summed E-state index contributed by atoms with van der Waals surface area (Å²) in [4.78, 5) is 23.2. The van der Waals surface area contributed by atoms with Crippen molar-refractivity contribution in [1.82, 2.24) is 5.32 Å². The number of hydrogen-bond donors (Lipinski definition) is 1. The third-order valence-electron chi connectivity index (χ3n) is 3.14. The van der Waals surface area contributed by atoms with E-state index in [1.54, 1.807) is 11.3 Å². The predicted molar refractivity (Wildman–Crippen MR) is 88.8 cm³/mol. The number of nitro groups is 1. The maximum absolute atomic E-state index is 11.8. The number of hydrogen-bond acceptors (Lipinski definition) is 5. The van der Waals surface area contributed by atoms with Crippen LogP contribution >= 0.6 is 11.3 Å². The van der Waals surface area contributed by atoms with Crippen molar-refractivity contribution in [3.05, 3.63) is 56.8 Å². The van der Waals surface area contributed by atoms with Crippen molar-refractivity contribution in [1.29, 1.82) is 0 Å². The average molecular weight is 334 g/mol. The zero-order chi connectivity index (χ0) is 16.7. The van der Waals surface area contributed by atoms with Gasteiger partial charge < -0.3 is 10.1 Å². The Labute approximate surface area is 138 Å². The Morgan fingerprint density at radius 1 is 1.35 bits per heavy atom. The molecule has 1 unspecified atom stereocenters. The zero-order valence-electron chi connectivity index (χ0n) is 12.7. The molecule has 0 saturated carbocycles. The van der Waals surface area contributed by atoms with Gasteiger partial charge in [0.1, 0.15) is 5.75 Å². The number of rotatable bonds is 8. The summed E-state index contributed by atoms with van der Waals surface area (Å²) in [6.45, 7) is 2.20. The van der Waals surface area contributed by atoms with Crippen LogP contribution in [0.25, 0.3) is 0 Å². The number of carbonyl (C=O) groups excluding carboxylic acids is 1. The van der Waals surface area contributed by atoms with Gasteiger partial charge in [0.2, 0.25) is 5.91 Å². The smallest absolute Gasteiger partial charge is 0.269 e. The molecular formula is C16H18N2O4S. The summed E-state index contributed by atoms with van der Waals surface area (Å²) >= 11 is 1.67. The molecule has 0 aliphatic rings. The summed E-state index contributed by atoms with van der Waals surface area (Å²) in [5.41, 5.74) is 0.0116. The highest BCUT2D eigenvalue weighted by Crippen LogP contribution is 2.17. The Bertz CT molecular complexity index is 641. The number of nitro benzene ring substituents is 1. The molecule has 1 amide bonds. The van der Waals surface area contributed by atoms with Crippen LogP contribution in [0, 0.1) is 10.1 Å². The lowest BCUT2D eigenvalue weighted by Crippen LogP contribution is -2.34. The topological polar surface area (TPSA) is 81.5 Å². The SMILES string of the molecule is CC(Cc1cccs1)NC(=O)CCOc1ccc([N+](=O)[O-])cc1. The van der Waals surface area contributed by atoms with Gasteiger partial charge in [0.25, 0.3) is 5.69 Å². The molecule has 0 fully saturated rings. The fourth-order valence-electron chi connectivity index (χ4n) is 2.05. The van der Waals surface area contributed by atoms with Crippen LogP contribution in [0.1, 0.15) is 18.2 Å². The molecule has 122 valence electrons. The first-order valence-corrected chi connectivity index (χ1v) is 8.11. The number of amides is 1. The Kier molecular flexibility index (Phi) is 6.10. The summed E-state index contributed by atoms with van der Waals surface area (Å²) < 4.78 is 5.42. The fraction of sp³-hybridized carbons (Fsp3) is 0.312. The second-order valence-electron chi connectivity index (χ2n) is 5.10. The van der Waals surface area contributed by atoms with Crippen LogP contribution in [-0.2, 0) is 11.2 Å². The second kappa shape index (κ2) is 8.28. The summed E-state index contributed by atoms with van der Waals surface area (Å²) in [5, 5.41) is 15.5. The van der Waals surface area contributed by atoms with Crippen molar-refractivity contribution in [2.24, 2.45) is 0 Å². The standard InChI is InChI=1S/C16H18N2O4S/c1-12(11-15-3-2-10-23-15)17-16(19)8-9-22-14-6-4-13(5-7-14)18(20)21/h2-7,10,12H,8-9,11H2,1H3,(H,17,19). The van der Waals surface area contributed by atoms with E-state index in [4.69, 9.17) is 4.74 Å². The predicted octanol–water partition coefficient (Wildman–Crippen LogP) is 3.17. The highest BCUT2D eigenvalue weighted by Gasteiger charge is 2.09. The van der Waals surface area contributed by atoms with Crippen LogP contribution in [0.5, 0.6) is 5.75 Å². The van der Waals surface area contributed by atoms with E-state index in [-0.39, 0.29) is 30.7 Å². The van der Waals surface area contributed by atoms with Crippen molar-refractivity contribution in [3.8, 4) is 5.75 Å². The maximum atomic E-state index is 11.8. The molecule has 0 aliphatic carbocycles. The first-order chi connectivity index (χ1) is 11.0. The van der Waals surface area contributed by atoms with E-state index in [9.17, 15) is 14.9 Å². The number of non-ortho nitro benzene ring substituents is 1. The molecule has 2 rings (SSSR count). The molecule has 6 nitrogen and oxygen atoms in total. The van der Waals surface area contributed by atoms with Crippen molar-refractivity contribution in [3.63, 3.8) is 0 Å². The molecule has 0 saturated heterocycles. The number of nitrogens with zero attached hydrogens (tertiary/aromatic N) is 1. The molecule has 1 N–H and O–H groups in total. The van der Waals surface area contributed by atoms with E-state index in [1.807, 2.05) is 24.4 Å². The highest BCUT2D eigenvalue weighted by atomic mass is 32.1. The van der Waals surface area contributed by atoms with Crippen LogP contribution in [0.2, 0.25) is 0 Å². The number of benzene rings is 1. The van der Waals surface area contributed by atoms with Gasteiger partial charge in [-0.2, -0.15) is 0 Å². The van der Waals surface area contributed by atoms with Gasteiger partial charge in [0.15, 0.2) is 0 Å². The van der Waals surface area contributed by atoms with Gasteiger partial charge in [0, 0.05) is 29.5 Å². The number of carbonyl (C=O) groups is 1. The van der Waals surface area contributed by atoms with E-state index >= 15 is 0 Å². The first kappa shape index (κ1) is 17.0. The van der Waals surface area contributed by atoms with Crippen molar-refractivity contribution >= 4 is 22.9 Å². The van der Waals surface area contributed by atoms with Crippen LogP contribution in [0.3, 0.4) is 0 Å². The first-order valence-electron chi connectivity index (χ1n) is 7.23. The third-order valence-corrected chi connectivity index (χ3v) is 4.04. The molecule has 0 radical (unpaired) electrons. The fourth-order valence-corrected chi connectivity index (χ4v) is 2.89. The molecule has 0 spiro atoms. The minimum atomic E-state index is -0.466. The largest absolute Gasteiger partial charge is 0.493 e. The van der Waals surface area contributed by atoms with E-state index < -0.39 is 4.92 Å². The quantitative estimate of drug-likeness (QED) is 0.594. The second-order valence-corrected chi connectivity index (χ2v) is 6.13. The van der Waals surface area contributed by atoms with E-state index in [2.05, 4.69) is 5.32 Å². The molecule has 0 aliphatic heterocycles. The van der Waals surface area contributed by atoms with Gasteiger partial charge in [-0.3, -0.25) is 14.9 Å². The minimum Gasteiger partial charge on any atom is -0.493 e. The van der Waals surface area contributed by atoms with E-state index in [0.29, 0.717) is 5.75 Å². The van der Waals surface area contributed by atoms with Crippen molar-refractivity contribution in [2.75, 3.05) is 6.61 Å². The lowest BCUT2D eigenvalue weighted by atomic mass is 10.2. The Hall–Kier alpha value is -2.41. The van der Waals surface area contributed by atoms with Crippen LogP contribution in [-0.4, -0.2) is 23.5 Å². The molecule has 23 heavy (non-hydrogen) atoms. The summed E-state index contributed by atoms with van der Waals surface area (Å²) in [5.74, 6) is 0.436. The Morgan fingerprint density at radius 2 is 2.09 bits per heavy atom. The van der Waals surface area contributed by atoms with E-state index in [0.717, 1.165) is 6.42 Å². The lowest BCUT2D eigenvalue weighted by molar-refractivity contribution is -0.384. The summed E-state index contributed by atoms with van der Waals surface area (Å²) in [7, 11) is 0. The van der Waals surface area contributed by atoms with Gasteiger partial charge in [-0.15, -0.1) is 11.3 Å². The number of thiophene rings is 1. The van der Waals surface area contributed by atoms with Crippen molar-refractivity contribution in [2.45, 2.75) is 25.8 Å². The maximum Gasteiger partial charge on any atom is 0.269 e. The number of nitrogens with one attached hydrogen (secondary N) is 1. The molecule has 1 atom stereocenters. The Morgan fingerprint density at radius 3 is 2.70 bits per heavy atom. The molecule has 1 aromatic carbocycles. The normalized spacial score (nSPS) is 11.7. The monoisotopic (exact) mass is 334 g/mol. The van der Waals surface area contributed by atoms with E-state index in [1.165, 1.54) is 29.1 Å². The molecule has 1 aromatic heterocycles. The van der Waals surface area contributed by atoms with Gasteiger partial charge in [-0.25, -0.2) is 0 Å².